The van der Waals surface area contributed by atoms with E-state index in [0.29, 0.717) is 10.6 Å². The van der Waals surface area contributed by atoms with Crippen molar-refractivity contribution in [1.82, 2.24) is 10.3 Å². The van der Waals surface area contributed by atoms with Gasteiger partial charge in [0, 0.05) is 15.4 Å². The lowest BCUT2D eigenvalue weighted by molar-refractivity contribution is 0.0691. The predicted molar refractivity (Wildman–Crippen MR) is 74.4 cm³/mol. The summed E-state index contributed by atoms with van der Waals surface area (Å²) < 4.78 is 0.898. The number of carbonyl (C=O) groups excluding carboxylic acids is 1. The first-order valence-corrected chi connectivity index (χ1v) is 6.95. The highest BCUT2D eigenvalue weighted by molar-refractivity contribution is 9.10. The van der Waals surface area contributed by atoms with E-state index in [1.165, 1.54) is 16.7 Å². The van der Waals surface area contributed by atoms with Crippen LogP contribution in [0.2, 0.25) is 0 Å². The molecule has 2 N–H and O–H groups in total. The lowest BCUT2D eigenvalue weighted by Crippen LogP contribution is -2.22. The summed E-state index contributed by atoms with van der Waals surface area (Å²) in [6.07, 6.45) is 0. The molecule has 1 amide bonds. The van der Waals surface area contributed by atoms with Gasteiger partial charge >= 0.3 is 5.97 Å². The summed E-state index contributed by atoms with van der Waals surface area (Å²) in [6, 6.07) is 6.95. The number of nitrogens with one attached hydrogen (secondary N) is 1. The lowest BCUT2D eigenvalue weighted by Gasteiger charge is -2.03. The van der Waals surface area contributed by atoms with Crippen molar-refractivity contribution in [2.45, 2.75) is 6.54 Å². The fraction of sp³-hybridized carbons (Fsp3) is 0.0833. The molecule has 7 heteroatoms. The molecule has 0 atom stereocenters. The summed E-state index contributed by atoms with van der Waals surface area (Å²) in [4.78, 5) is 26.3. The van der Waals surface area contributed by atoms with Gasteiger partial charge in [0.2, 0.25) is 0 Å². The van der Waals surface area contributed by atoms with E-state index in [2.05, 4.69) is 26.2 Å². The molecule has 1 aromatic heterocycles. The first kappa shape index (κ1) is 13.7. The Morgan fingerprint density at radius 1 is 1.32 bits per heavy atom. The van der Waals surface area contributed by atoms with Gasteiger partial charge in [-0.1, -0.05) is 15.9 Å². The van der Waals surface area contributed by atoms with Crippen molar-refractivity contribution >= 4 is 39.1 Å². The third kappa shape index (κ3) is 3.62. The van der Waals surface area contributed by atoms with E-state index < -0.39 is 5.97 Å². The average Bonchev–Trinajstić information content (AvgIpc) is 2.86. The number of aromatic nitrogens is 1. The number of hydrogen-bond acceptors (Lipinski definition) is 4. The van der Waals surface area contributed by atoms with E-state index in [9.17, 15) is 9.59 Å². The molecule has 0 saturated heterocycles. The third-order valence-electron chi connectivity index (χ3n) is 2.28. The lowest BCUT2D eigenvalue weighted by atomic mass is 10.2. The number of rotatable bonds is 4. The quantitative estimate of drug-likeness (QED) is 0.896. The number of carboxylic acids is 1. The molecular weight excluding hydrogens is 332 g/mol. The van der Waals surface area contributed by atoms with Crippen LogP contribution < -0.4 is 5.32 Å². The molecule has 2 rings (SSSR count). The Kier molecular flexibility index (Phi) is 4.28. The number of thiazole rings is 1. The van der Waals surface area contributed by atoms with Crippen molar-refractivity contribution in [1.29, 1.82) is 0 Å². The second kappa shape index (κ2) is 5.94. The smallest absolute Gasteiger partial charge is 0.355 e. The Bertz CT molecular complexity index is 610. The topological polar surface area (TPSA) is 79.3 Å². The zero-order valence-corrected chi connectivity index (χ0v) is 12.0. The van der Waals surface area contributed by atoms with Gasteiger partial charge in [-0.3, -0.25) is 4.79 Å². The van der Waals surface area contributed by atoms with Crippen molar-refractivity contribution in [3.8, 4) is 0 Å². The molecular formula is C12H9BrN2O3S. The molecule has 0 aliphatic heterocycles. The fourth-order valence-electron chi connectivity index (χ4n) is 1.35. The van der Waals surface area contributed by atoms with Crippen LogP contribution in [0.25, 0.3) is 0 Å². The number of aromatic carboxylic acids is 1. The maximum absolute atomic E-state index is 11.8. The van der Waals surface area contributed by atoms with Crippen LogP contribution in [0.3, 0.4) is 0 Å². The Morgan fingerprint density at radius 3 is 2.58 bits per heavy atom. The van der Waals surface area contributed by atoms with Gasteiger partial charge in [0.1, 0.15) is 5.01 Å². The maximum atomic E-state index is 11.8. The largest absolute Gasteiger partial charge is 0.476 e. The van der Waals surface area contributed by atoms with Gasteiger partial charge in [0.05, 0.1) is 6.54 Å². The van der Waals surface area contributed by atoms with Crippen LogP contribution in [0.4, 0.5) is 0 Å². The minimum Gasteiger partial charge on any atom is -0.476 e. The van der Waals surface area contributed by atoms with Crippen LogP contribution in [0.1, 0.15) is 25.9 Å². The number of hydrogen-bond donors (Lipinski definition) is 2. The van der Waals surface area contributed by atoms with Gasteiger partial charge in [-0.2, -0.15) is 0 Å². The van der Waals surface area contributed by atoms with Crippen LogP contribution in [-0.2, 0) is 6.54 Å². The van der Waals surface area contributed by atoms with E-state index in [-0.39, 0.29) is 18.1 Å². The van der Waals surface area contributed by atoms with Crippen LogP contribution in [0, 0.1) is 0 Å². The summed E-state index contributed by atoms with van der Waals surface area (Å²) in [5, 5.41) is 13.4. The van der Waals surface area contributed by atoms with Crippen molar-refractivity contribution in [3.05, 3.63) is 50.4 Å². The first-order chi connectivity index (χ1) is 9.06. The van der Waals surface area contributed by atoms with Crippen LogP contribution in [-0.4, -0.2) is 22.0 Å². The van der Waals surface area contributed by atoms with Gasteiger partial charge in [-0.25, -0.2) is 9.78 Å². The summed E-state index contributed by atoms with van der Waals surface area (Å²) in [6.45, 7) is 0.215. The molecule has 0 radical (unpaired) electrons. The molecule has 1 aromatic carbocycles. The van der Waals surface area contributed by atoms with Crippen molar-refractivity contribution in [2.24, 2.45) is 0 Å². The molecule has 0 aliphatic rings. The standard InChI is InChI=1S/C12H9BrN2O3S/c13-8-3-1-7(2-4-8)11(16)14-5-10-15-9(6-19-10)12(17)18/h1-4,6H,5H2,(H,14,16)(H,17,18). The zero-order chi connectivity index (χ0) is 13.8. The van der Waals surface area contributed by atoms with E-state index in [1.54, 1.807) is 24.3 Å². The Balaban J connectivity index is 1.96. The molecule has 5 nitrogen and oxygen atoms in total. The first-order valence-electron chi connectivity index (χ1n) is 5.28. The number of amides is 1. The van der Waals surface area contributed by atoms with E-state index >= 15 is 0 Å². The third-order valence-corrected chi connectivity index (χ3v) is 3.65. The summed E-state index contributed by atoms with van der Waals surface area (Å²) in [5.74, 6) is -1.29. The van der Waals surface area contributed by atoms with Gasteiger partial charge in [-0.15, -0.1) is 11.3 Å². The molecule has 1 heterocycles. The number of carbonyl (C=O) groups is 2. The molecule has 0 fully saturated rings. The van der Waals surface area contributed by atoms with Crippen molar-refractivity contribution < 1.29 is 14.7 Å². The minimum absolute atomic E-state index is 0.00195. The summed E-state index contributed by atoms with van der Waals surface area (Å²) in [5.41, 5.74) is 0.538. The Hall–Kier alpha value is -1.73. The Labute approximate surface area is 121 Å². The molecule has 0 spiro atoms. The average molecular weight is 341 g/mol. The molecule has 19 heavy (non-hydrogen) atoms. The van der Waals surface area contributed by atoms with Gasteiger partial charge < -0.3 is 10.4 Å². The van der Waals surface area contributed by atoms with Gasteiger partial charge in [-0.05, 0) is 24.3 Å². The molecule has 98 valence electrons. The maximum Gasteiger partial charge on any atom is 0.355 e. The molecule has 0 unspecified atom stereocenters. The highest BCUT2D eigenvalue weighted by Crippen LogP contribution is 2.12. The van der Waals surface area contributed by atoms with Crippen molar-refractivity contribution in [2.75, 3.05) is 0 Å². The second-order valence-corrected chi connectivity index (χ2v) is 5.48. The highest BCUT2D eigenvalue weighted by atomic mass is 79.9. The van der Waals surface area contributed by atoms with Crippen molar-refractivity contribution in [3.63, 3.8) is 0 Å². The normalized spacial score (nSPS) is 10.2. The fourth-order valence-corrected chi connectivity index (χ4v) is 2.32. The molecule has 2 aromatic rings. The van der Waals surface area contributed by atoms with E-state index in [1.807, 2.05) is 0 Å². The van der Waals surface area contributed by atoms with E-state index in [0.717, 1.165) is 4.47 Å². The van der Waals surface area contributed by atoms with Crippen LogP contribution >= 0.6 is 27.3 Å². The number of halogens is 1. The number of benzene rings is 1. The molecule has 0 aliphatic carbocycles. The Morgan fingerprint density at radius 2 is 2.00 bits per heavy atom. The molecule has 0 saturated carbocycles. The minimum atomic E-state index is -1.07. The van der Waals surface area contributed by atoms with E-state index in [4.69, 9.17) is 5.11 Å². The highest BCUT2D eigenvalue weighted by Gasteiger charge is 2.10. The zero-order valence-electron chi connectivity index (χ0n) is 9.59. The SMILES string of the molecule is O=C(NCc1nc(C(=O)O)cs1)c1ccc(Br)cc1. The van der Waals surface area contributed by atoms with Crippen LogP contribution in [0.15, 0.2) is 34.1 Å². The van der Waals surface area contributed by atoms with Gasteiger partial charge in [0.15, 0.2) is 5.69 Å². The number of carboxylic acid groups (broad SMARTS) is 1. The second-order valence-electron chi connectivity index (χ2n) is 3.62. The number of nitrogens with zero attached hydrogens (tertiary/aromatic N) is 1. The molecule has 0 bridgehead atoms. The van der Waals surface area contributed by atoms with Crippen LogP contribution in [0.5, 0.6) is 0 Å². The van der Waals surface area contributed by atoms with Gasteiger partial charge in [0.25, 0.3) is 5.91 Å². The predicted octanol–water partition coefficient (Wildman–Crippen LogP) is 2.53. The summed E-state index contributed by atoms with van der Waals surface area (Å²) >= 11 is 4.49. The monoisotopic (exact) mass is 340 g/mol. The summed E-state index contributed by atoms with van der Waals surface area (Å²) in [7, 11) is 0.